The normalized spacial score (nSPS) is 17.9. The molecule has 1 atom stereocenters. The van der Waals surface area contributed by atoms with Crippen molar-refractivity contribution >= 4 is 11.8 Å². The first kappa shape index (κ1) is 18.3. The molecule has 8 heteroatoms. The maximum absolute atomic E-state index is 13.3. The third kappa shape index (κ3) is 5.24. The fourth-order valence-corrected chi connectivity index (χ4v) is 2.58. The van der Waals surface area contributed by atoms with Crippen molar-refractivity contribution in [3.05, 3.63) is 35.4 Å². The van der Waals surface area contributed by atoms with Gasteiger partial charge in [0.15, 0.2) is 0 Å². The third-order valence-corrected chi connectivity index (χ3v) is 3.70. The number of nitrogens with zero attached hydrogens (tertiary/aromatic N) is 1. The van der Waals surface area contributed by atoms with Crippen molar-refractivity contribution in [3.8, 4) is 0 Å². The van der Waals surface area contributed by atoms with Crippen LogP contribution in [-0.2, 0) is 20.9 Å². The number of piperazine rings is 1. The van der Waals surface area contributed by atoms with Crippen molar-refractivity contribution in [2.24, 2.45) is 0 Å². The van der Waals surface area contributed by atoms with Crippen LogP contribution in [0.1, 0.15) is 12.0 Å². The summed E-state index contributed by atoms with van der Waals surface area (Å²) in [7, 11) is 1.53. The first-order valence-corrected chi connectivity index (χ1v) is 7.72. The molecular formula is C16H21F2N3O3. The van der Waals surface area contributed by atoms with E-state index in [2.05, 4.69) is 10.6 Å². The predicted octanol–water partition coefficient (Wildman–Crippen LogP) is 0.418. The lowest BCUT2D eigenvalue weighted by atomic mass is 10.1. The second kappa shape index (κ2) is 8.70. The van der Waals surface area contributed by atoms with Gasteiger partial charge in [0, 0.05) is 39.4 Å². The number of carbonyl (C=O) groups is 2. The topological polar surface area (TPSA) is 70.7 Å². The summed E-state index contributed by atoms with van der Waals surface area (Å²) in [5, 5.41) is 5.65. The summed E-state index contributed by atoms with van der Waals surface area (Å²) in [4.78, 5) is 25.7. The first-order chi connectivity index (χ1) is 11.5. The van der Waals surface area contributed by atoms with Gasteiger partial charge in [-0.1, -0.05) is 0 Å². The molecule has 0 aromatic heterocycles. The van der Waals surface area contributed by atoms with Crippen LogP contribution in [0.25, 0.3) is 0 Å². The molecule has 1 aromatic carbocycles. The molecule has 132 valence electrons. The molecular weight excluding hydrogens is 320 g/mol. The molecule has 0 saturated carbocycles. The van der Waals surface area contributed by atoms with Gasteiger partial charge in [-0.05, 0) is 17.7 Å². The highest BCUT2D eigenvalue weighted by atomic mass is 19.1. The van der Waals surface area contributed by atoms with Gasteiger partial charge in [0.2, 0.25) is 11.8 Å². The van der Waals surface area contributed by atoms with E-state index in [1.165, 1.54) is 24.1 Å². The van der Waals surface area contributed by atoms with Crippen molar-refractivity contribution in [1.82, 2.24) is 15.5 Å². The highest BCUT2D eigenvalue weighted by Gasteiger charge is 2.30. The minimum absolute atomic E-state index is 0.0105. The van der Waals surface area contributed by atoms with Crippen molar-refractivity contribution in [2.75, 3.05) is 33.4 Å². The third-order valence-electron chi connectivity index (χ3n) is 3.70. The molecule has 2 rings (SSSR count). The standard InChI is InChI=1S/C16H21F2N3O3/c1-24-5-3-20-15(22)9-14-16(23)21(4-2-19-14)10-11-6-12(17)8-13(18)7-11/h6-8,14,19H,2-5,9-10H2,1H3,(H,20,22). The lowest BCUT2D eigenvalue weighted by molar-refractivity contribution is -0.138. The van der Waals surface area contributed by atoms with Gasteiger partial charge < -0.3 is 20.3 Å². The Balaban J connectivity index is 1.93. The molecule has 1 heterocycles. The van der Waals surface area contributed by atoms with Gasteiger partial charge in [-0.3, -0.25) is 9.59 Å². The minimum Gasteiger partial charge on any atom is -0.383 e. The van der Waals surface area contributed by atoms with E-state index in [1.54, 1.807) is 0 Å². The van der Waals surface area contributed by atoms with Crippen LogP contribution in [0.2, 0.25) is 0 Å². The van der Waals surface area contributed by atoms with Crippen LogP contribution in [0.4, 0.5) is 8.78 Å². The number of amides is 2. The van der Waals surface area contributed by atoms with E-state index in [9.17, 15) is 18.4 Å². The zero-order chi connectivity index (χ0) is 17.5. The first-order valence-electron chi connectivity index (χ1n) is 7.72. The Labute approximate surface area is 139 Å². The molecule has 1 saturated heterocycles. The molecule has 0 radical (unpaired) electrons. The van der Waals surface area contributed by atoms with Gasteiger partial charge in [0.25, 0.3) is 0 Å². The van der Waals surface area contributed by atoms with Crippen LogP contribution >= 0.6 is 0 Å². The van der Waals surface area contributed by atoms with E-state index in [4.69, 9.17) is 4.74 Å². The SMILES string of the molecule is COCCNC(=O)CC1NCCN(Cc2cc(F)cc(F)c2)C1=O. The number of halogens is 2. The molecule has 2 N–H and O–H groups in total. The van der Waals surface area contributed by atoms with Crippen LogP contribution in [-0.4, -0.2) is 56.1 Å². The lowest BCUT2D eigenvalue weighted by Crippen LogP contribution is -2.55. The monoisotopic (exact) mass is 341 g/mol. The van der Waals surface area contributed by atoms with E-state index in [-0.39, 0.29) is 24.8 Å². The number of carbonyl (C=O) groups excluding carboxylic acids is 2. The van der Waals surface area contributed by atoms with Crippen molar-refractivity contribution < 1.29 is 23.1 Å². The zero-order valence-electron chi connectivity index (χ0n) is 13.5. The maximum Gasteiger partial charge on any atom is 0.240 e. The van der Waals surface area contributed by atoms with Gasteiger partial charge in [-0.15, -0.1) is 0 Å². The number of benzene rings is 1. The number of rotatable bonds is 7. The van der Waals surface area contributed by atoms with Crippen LogP contribution in [0.15, 0.2) is 18.2 Å². The molecule has 1 unspecified atom stereocenters. The summed E-state index contributed by atoms with van der Waals surface area (Å²) in [6.07, 6.45) is 0.0105. The summed E-state index contributed by atoms with van der Waals surface area (Å²) in [6.45, 7) is 1.81. The molecule has 1 aromatic rings. The molecule has 1 fully saturated rings. The predicted molar refractivity (Wildman–Crippen MR) is 83.1 cm³/mol. The molecule has 6 nitrogen and oxygen atoms in total. The van der Waals surface area contributed by atoms with Gasteiger partial charge in [-0.2, -0.15) is 0 Å². The summed E-state index contributed by atoms with van der Waals surface area (Å²) in [5.74, 6) is -1.87. The number of methoxy groups -OCH3 is 1. The summed E-state index contributed by atoms with van der Waals surface area (Å²) in [6, 6.07) is 2.55. The van der Waals surface area contributed by atoms with Gasteiger partial charge >= 0.3 is 0 Å². The Morgan fingerprint density at radius 2 is 2.08 bits per heavy atom. The highest BCUT2D eigenvalue weighted by molar-refractivity contribution is 5.88. The fraction of sp³-hybridized carbons (Fsp3) is 0.500. The number of hydrogen-bond donors (Lipinski definition) is 2. The second-order valence-corrected chi connectivity index (χ2v) is 5.59. The molecule has 24 heavy (non-hydrogen) atoms. The number of nitrogens with one attached hydrogen (secondary N) is 2. The highest BCUT2D eigenvalue weighted by Crippen LogP contribution is 2.13. The van der Waals surface area contributed by atoms with E-state index >= 15 is 0 Å². The smallest absolute Gasteiger partial charge is 0.240 e. The van der Waals surface area contributed by atoms with E-state index < -0.39 is 17.7 Å². The zero-order valence-corrected chi connectivity index (χ0v) is 13.5. The Morgan fingerprint density at radius 3 is 2.75 bits per heavy atom. The van der Waals surface area contributed by atoms with Crippen LogP contribution in [0.5, 0.6) is 0 Å². The summed E-state index contributed by atoms with van der Waals surface area (Å²) < 4.78 is 31.4. The molecule has 2 amide bonds. The number of hydrogen-bond acceptors (Lipinski definition) is 4. The average molecular weight is 341 g/mol. The fourth-order valence-electron chi connectivity index (χ4n) is 2.58. The van der Waals surface area contributed by atoms with Gasteiger partial charge in [0.05, 0.1) is 19.1 Å². The Morgan fingerprint density at radius 1 is 1.38 bits per heavy atom. The van der Waals surface area contributed by atoms with Crippen LogP contribution < -0.4 is 10.6 Å². The maximum atomic E-state index is 13.3. The largest absolute Gasteiger partial charge is 0.383 e. The second-order valence-electron chi connectivity index (χ2n) is 5.59. The molecule has 0 spiro atoms. The summed E-state index contributed by atoms with van der Waals surface area (Å²) >= 11 is 0. The van der Waals surface area contributed by atoms with E-state index in [1.807, 2.05) is 0 Å². The Bertz CT molecular complexity index is 578. The van der Waals surface area contributed by atoms with Crippen LogP contribution in [0.3, 0.4) is 0 Å². The van der Waals surface area contributed by atoms with Gasteiger partial charge in [0.1, 0.15) is 11.6 Å². The number of ether oxygens (including phenoxy) is 1. The Kier molecular flexibility index (Phi) is 6.62. The lowest BCUT2D eigenvalue weighted by Gasteiger charge is -2.33. The van der Waals surface area contributed by atoms with Crippen molar-refractivity contribution in [2.45, 2.75) is 19.0 Å². The average Bonchev–Trinajstić information content (AvgIpc) is 2.50. The van der Waals surface area contributed by atoms with E-state index in [0.717, 1.165) is 6.07 Å². The molecule has 0 bridgehead atoms. The molecule has 0 aliphatic carbocycles. The minimum atomic E-state index is -0.679. The summed E-state index contributed by atoms with van der Waals surface area (Å²) in [5.41, 5.74) is 0.381. The van der Waals surface area contributed by atoms with Crippen LogP contribution in [0, 0.1) is 11.6 Å². The van der Waals surface area contributed by atoms with Crippen molar-refractivity contribution in [1.29, 1.82) is 0 Å². The molecule has 1 aliphatic rings. The van der Waals surface area contributed by atoms with Gasteiger partial charge in [-0.25, -0.2) is 8.78 Å². The van der Waals surface area contributed by atoms with Crippen molar-refractivity contribution in [3.63, 3.8) is 0 Å². The Hall–Kier alpha value is -2.06. The quantitative estimate of drug-likeness (QED) is 0.705. The molecule has 1 aliphatic heterocycles. The van der Waals surface area contributed by atoms with E-state index in [0.29, 0.717) is 31.8 Å².